The number of carbonyl (C=O) groups is 2. The number of aliphatic hydroxyl groups excluding tert-OH is 1. The van der Waals surface area contributed by atoms with Crippen LogP contribution in [0.1, 0.15) is 50.4 Å². The Morgan fingerprint density at radius 2 is 1.85 bits per heavy atom. The molecule has 4 rings (SSSR count). The summed E-state index contributed by atoms with van der Waals surface area (Å²) in [4.78, 5) is 30.7. The predicted molar refractivity (Wildman–Crippen MR) is 181 cm³/mol. The molecule has 0 aromatic heterocycles. The van der Waals surface area contributed by atoms with Crippen LogP contribution in [0.4, 0.5) is 16.2 Å². The Labute approximate surface area is 271 Å². The number of hydrogen-bond donors (Lipinski definition) is 3. The van der Waals surface area contributed by atoms with E-state index in [0.717, 1.165) is 29.9 Å². The molecule has 4 atom stereocenters. The van der Waals surface area contributed by atoms with Gasteiger partial charge in [0.15, 0.2) is 0 Å². The van der Waals surface area contributed by atoms with Crippen LogP contribution in [0.25, 0.3) is 10.8 Å². The van der Waals surface area contributed by atoms with E-state index in [-0.39, 0.29) is 49.0 Å². The van der Waals surface area contributed by atoms with Crippen molar-refractivity contribution < 1.29 is 32.6 Å². The zero-order chi connectivity index (χ0) is 33.4. The zero-order valence-electron chi connectivity index (χ0n) is 27.2. The lowest BCUT2D eigenvalue weighted by Crippen LogP contribution is -2.48. The van der Waals surface area contributed by atoms with Gasteiger partial charge >= 0.3 is 6.03 Å². The van der Waals surface area contributed by atoms with Gasteiger partial charge in [-0.2, -0.15) is 0 Å². The maximum absolute atomic E-state index is 14.2. The van der Waals surface area contributed by atoms with E-state index in [2.05, 4.69) is 10.0 Å². The van der Waals surface area contributed by atoms with Crippen LogP contribution in [-0.2, 0) is 14.8 Å². The molecule has 0 saturated heterocycles. The molecule has 3 aromatic rings. The average molecular weight is 655 g/mol. The number of benzene rings is 3. The second kappa shape index (κ2) is 15.6. The Bertz CT molecular complexity index is 1610. The molecule has 0 spiro atoms. The minimum absolute atomic E-state index is 0.189. The van der Waals surface area contributed by atoms with Gasteiger partial charge in [-0.3, -0.25) is 9.52 Å². The van der Waals surface area contributed by atoms with Crippen LogP contribution >= 0.6 is 0 Å². The van der Waals surface area contributed by atoms with Crippen LogP contribution < -0.4 is 14.8 Å². The van der Waals surface area contributed by atoms with Crippen LogP contribution in [0.5, 0.6) is 5.75 Å². The number of rotatable bonds is 7. The third-order valence-corrected chi connectivity index (χ3v) is 8.79. The first-order valence-electron chi connectivity index (χ1n) is 15.7. The number of nitrogens with one attached hydrogen (secondary N) is 2. The second-order valence-electron chi connectivity index (χ2n) is 12.2. The number of hydrogen-bond acceptors (Lipinski definition) is 7. The highest BCUT2D eigenvalue weighted by Crippen LogP contribution is 2.29. The number of carbonyl (C=O) groups excluding carboxylic acids is 2. The third-order valence-electron chi connectivity index (χ3n) is 8.19. The standard InChI is InChI=1S/C34H46N4O7S/c1-23-20-38(24(2)22-39)33(40)29-19-27(36-46(5,42)43)16-17-31(29)45-25(3)11-8-9-18-44-32(23)21-37(4)34(41)35-30-15-10-13-26-12-6-7-14-28(26)30/h6-7,10,12-17,19,23-25,32,36,39H,8-9,11,18,20-22H2,1-5H3,(H,35,41)/t23-,24+,25-,32-/m0/s1. The molecule has 12 heteroatoms. The number of amides is 3. The number of fused-ring (bicyclic) bond motifs is 2. The number of ether oxygens (including phenoxy) is 2. The van der Waals surface area contributed by atoms with Gasteiger partial charge in [0.05, 0.1) is 42.4 Å². The van der Waals surface area contributed by atoms with Crippen LogP contribution in [-0.4, -0.2) is 93.1 Å². The number of nitrogens with zero attached hydrogens (tertiary/aromatic N) is 2. The van der Waals surface area contributed by atoms with E-state index in [9.17, 15) is 23.1 Å². The van der Waals surface area contributed by atoms with Crippen molar-refractivity contribution in [1.82, 2.24) is 9.80 Å². The summed E-state index contributed by atoms with van der Waals surface area (Å²) >= 11 is 0. The Morgan fingerprint density at radius 1 is 1.11 bits per heavy atom. The highest BCUT2D eigenvalue weighted by molar-refractivity contribution is 7.92. The molecular weight excluding hydrogens is 608 g/mol. The van der Waals surface area contributed by atoms with Crippen molar-refractivity contribution in [3.63, 3.8) is 0 Å². The van der Waals surface area contributed by atoms with E-state index < -0.39 is 28.1 Å². The highest BCUT2D eigenvalue weighted by atomic mass is 32.2. The van der Waals surface area contributed by atoms with Crippen LogP contribution in [0.2, 0.25) is 0 Å². The lowest BCUT2D eigenvalue weighted by atomic mass is 10.0. The summed E-state index contributed by atoms with van der Waals surface area (Å²) in [6.07, 6.45) is 2.72. The van der Waals surface area contributed by atoms with E-state index in [0.29, 0.717) is 24.5 Å². The Kier molecular flexibility index (Phi) is 11.9. The quantitative estimate of drug-likeness (QED) is 0.320. The van der Waals surface area contributed by atoms with Crippen molar-refractivity contribution in [2.45, 2.75) is 58.3 Å². The SMILES string of the molecule is C[C@H](CO)N1C[C@H](C)[C@H](CN(C)C(=O)Nc2cccc3ccccc23)OCCCC[C@H](C)Oc2ccc(NS(C)(=O)=O)cc2C1=O. The van der Waals surface area contributed by atoms with Gasteiger partial charge < -0.3 is 29.7 Å². The molecule has 0 bridgehead atoms. The summed E-state index contributed by atoms with van der Waals surface area (Å²) in [5.41, 5.74) is 1.13. The van der Waals surface area contributed by atoms with E-state index in [1.54, 1.807) is 35.9 Å². The summed E-state index contributed by atoms with van der Waals surface area (Å²) in [7, 11) is -1.88. The maximum atomic E-state index is 14.2. The van der Waals surface area contributed by atoms with Gasteiger partial charge in [-0.1, -0.05) is 43.3 Å². The number of likely N-dealkylation sites (N-methyl/N-ethyl adjacent to an activating group) is 1. The summed E-state index contributed by atoms with van der Waals surface area (Å²) in [5.74, 6) is -0.311. The molecule has 250 valence electrons. The molecule has 1 heterocycles. The predicted octanol–water partition coefficient (Wildman–Crippen LogP) is 5.17. The Balaban J connectivity index is 1.60. The number of urea groups is 1. The molecule has 1 aliphatic rings. The first-order chi connectivity index (χ1) is 21.9. The number of sulfonamides is 1. The normalized spacial score (nSPS) is 20.6. The van der Waals surface area contributed by atoms with Crippen LogP contribution in [0.3, 0.4) is 0 Å². The van der Waals surface area contributed by atoms with Crippen molar-refractivity contribution in [1.29, 1.82) is 0 Å². The van der Waals surface area contributed by atoms with Crippen molar-refractivity contribution >= 4 is 44.1 Å². The van der Waals surface area contributed by atoms with Gasteiger partial charge in [-0.25, -0.2) is 13.2 Å². The smallest absolute Gasteiger partial charge is 0.321 e. The minimum Gasteiger partial charge on any atom is -0.490 e. The first kappa shape index (κ1) is 35.0. The number of aliphatic hydroxyl groups is 1. The molecule has 3 amide bonds. The second-order valence-corrected chi connectivity index (χ2v) is 14.0. The van der Waals surface area contributed by atoms with Gasteiger partial charge in [0.25, 0.3) is 5.91 Å². The third kappa shape index (κ3) is 9.34. The fourth-order valence-electron chi connectivity index (χ4n) is 5.56. The van der Waals surface area contributed by atoms with Gasteiger partial charge in [-0.05, 0) is 62.8 Å². The van der Waals surface area contributed by atoms with Gasteiger partial charge in [0.1, 0.15) is 5.75 Å². The minimum atomic E-state index is -3.59. The van der Waals surface area contributed by atoms with E-state index in [1.165, 1.54) is 6.07 Å². The monoisotopic (exact) mass is 654 g/mol. The first-order valence-corrected chi connectivity index (χ1v) is 17.6. The van der Waals surface area contributed by atoms with Crippen molar-refractivity contribution in [2.24, 2.45) is 5.92 Å². The molecule has 11 nitrogen and oxygen atoms in total. The molecule has 1 aliphatic heterocycles. The van der Waals surface area contributed by atoms with Crippen LogP contribution in [0, 0.1) is 5.92 Å². The summed E-state index contributed by atoms with van der Waals surface area (Å²) in [6.45, 7) is 6.29. The van der Waals surface area contributed by atoms with E-state index in [1.807, 2.05) is 56.3 Å². The largest absolute Gasteiger partial charge is 0.490 e. The summed E-state index contributed by atoms with van der Waals surface area (Å²) in [5, 5.41) is 15.1. The van der Waals surface area contributed by atoms with Crippen molar-refractivity contribution in [3.8, 4) is 5.75 Å². The molecule has 3 N–H and O–H groups in total. The average Bonchev–Trinajstić information content (AvgIpc) is 3.01. The molecule has 46 heavy (non-hydrogen) atoms. The van der Waals surface area contributed by atoms with Crippen molar-refractivity contribution in [2.75, 3.05) is 49.6 Å². The highest BCUT2D eigenvalue weighted by Gasteiger charge is 2.31. The van der Waals surface area contributed by atoms with E-state index in [4.69, 9.17) is 9.47 Å². The molecule has 0 radical (unpaired) electrons. The van der Waals surface area contributed by atoms with Gasteiger partial charge in [0.2, 0.25) is 10.0 Å². The lowest BCUT2D eigenvalue weighted by molar-refractivity contribution is -0.0115. The molecule has 0 saturated carbocycles. The zero-order valence-corrected chi connectivity index (χ0v) is 28.0. The fraction of sp³-hybridized carbons (Fsp3) is 0.471. The van der Waals surface area contributed by atoms with E-state index >= 15 is 0 Å². The fourth-order valence-corrected chi connectivity index (χ4v) is 6.12. The Morgan fingerprint density at radius 3 is 2.59 bits per heavy atom. The van der Waals surface area contributed by atoms with Gasteiger partial charge in [-0.15, -0.1) is 0 Å². The summed E-state index contributed by atoms with van der Waals surface area (Å²) in [6, 6.07) is 17.4. The lowest BCUT2D eigenvalue weighted by Gasteiger charge is -2.35. The molecule has 0 fully saturated rings. The molecular formula is C34H46N4O7S. The van der Waals surface area contributed by atoms with Crippen molar-refractivity contribution in [3.05, 3.63) is 66.2 Å². The molecule has 0 aliphatic carbocycles. The number of anilines is 2. The van der Waals surface area contributed by atoms with Crippen LogP contribution in [0.15, 0.2) is 60.7 Å². The Hall–Kier alpha value is -3.87. The molecule has 3 aromatic carbocycles. The molecule has 0 unspecified atom stereocenters. The summed E-state index contributed by atoms with van der Waals surface area (Å²) < 4.78 is 38.9. The topological polar surface area (TPSA) is 138 Å². The maximum Gasteiger partial charge on any atom is 0.321 e. The van der Waals surface area contributed by atoms with Gasteiger partial charge in [0, 0.05) is 43.7 Å².